The summed E-state index contributed by atoms with van der Waals surface area (Å²) in [7, 11) is 0. The lowest BCUT2D eigenvalue weighted by Crippen LogP contribution is -2.27. The maximum absolute atomic E-state index is 12.2. The molecular weight excluding hydrogens is 322 g/mol. The molecule has 0 saturated carbocycles. The normalized spacial score (nSPS) is 16.8. The van der Waals surface area contributed by atoms with Gasteiger partial charge in [0.05, 0.1) is 5.52 Å². The molecule has 3 aromatic rings. The van der Waals surface area contributed by atoms with Crippen LogP contribution in [0.5, 0.6) is 0 Å². The van der Waals surface area contributed by atoms with Crippen LogP contribution in [0.15, 0.2) is 67.6 Å². The van der Waals surface area contributed by atoms with E-state index in [1.807, 2.05) is 29.3 Å². The number of fused-ring (bicyclic) bond motifs is 1. The fourth-order valence-corrected chi connectivity index (χ4v) is 3.73. The smallest absolute Gasteiger partial charge is 0.226 e. The standard InChI is InChI=1S/C22H21N3O/c1-2-6-21(26)25-10-9-17(14-25)20-12-18(16-7-4-3-5-8-16)11-19-13-23-15-24-22(19)20/h2-5,7-8,11-13,15,17H,1,6,9-10,14H2. The molecule has 0 bridgehead atoms. The van der Waals surface area contributed by atoms with E-state index in [0.717, 1.165) is 30.4 Å². The van der Waals surface area contributed by atoms with E-state index >= 15 is 0 Å². The highest BCUT2D eigenvalue weighted by molar-refractivity contribution is 5.87. The zero-order chi connectivity index (χ0) is 17.9. The van der Waals surface area contributed by atoms with Gasteiger partial charge in [0.1, 0.15) is 6.33 Å². The summed E-state index contributed by atoms with van der Waals surface area (Å²) in [5.41, 5.74) is 4.54. The van der Waals surface area contributed by atoms with Crippen molar-refractivity contribution in [3.05, 3.63) is 73.2 Å². The fourth-order valence-electron chi connectivity index (χ4n) is 3.73. The maximum atomic E-state index is 12.2. The third-order valence-electron chi connectivity index (χ3n) is 5.04. The lowest BCUT2D eigenvalue weighted by atomic mass is 9.92. The van der Waals surface area contributed by atoms with E-state index < -0.39 is 0 Å². The molecule has 4 nitrogen and oxygen atoms in total. The number of carbonyl (C=O) groups is 1. The Morgan fingerprint density at radius 3 is 2.88 bits per heavy atom. The number of hydrogen-bond acceptors (Lipinski definition) is 3. The molecule has 0 radical (unpaired) electrons. The second-order valence-corrected chi connectivity index (χ2v) is 6.71. The second kappa shape index (κ2) is 7.08. The van der Waals surface area contributed by atoms with Crippen LogP contribution < -0.4 is 0 Å². The summed E-state index contributed by atoms with van der Waals surface area (Å²) >= 11 is 0. The van der Waals surface area contributed by atoms with Crippen LogP contribution in [0.3, 0.4) is 0 Å². The van der Waals surface area contributed by atoms with Crippen LogP contribution in [-0.4, -0.2) is 33.9 Å². The van der Waals surface area contributed by atoms with Gasteiger partial charge in [0, 0.05) is 37.0 Å². The summed E-state index contributed by atoms with van der Waals surface area (Å²) in [6.07, 6.45) is 6.51. The lowest BCUT2D eigenvalue weighted by Gasteiger charge is -2.17. The van der Waals surface area contributed by atoms with E-state index in [1.54, 1.807) is 12.4 Å². The summed E-state index contributed by atoms with van der Waals surface area (Å²) < 4.78 is 0. The third kappa shape index (κ3) is 3.10. The quantitative estimate of drug-likeness (QED) is 0.667. The third-order valence-corrected chi connectivity index (χ3v) is 5.04. The van der Waals surface area contributed by atoms with Gasteiger partial charge in [-0.25, -0.2) is 9.97 Å². The minimum atomic E-state index is 0.153. The van der Waals surface area contributed by atoms with Gasteiger partial charge >= 0.3 is 0 Å². The number of hydrogen-bond donors (Lipinski definition) is 0. The molecule has 1 saturated heterocycles. The number of amides is 1. The van der Waals surface area contributed by atoms with Crippen molar-refractivity contribution in [1.82, 2.24) is 14.9 Å². The topological polar surface area (TPSA) is 46.1 Å². The molecule has 0 spiro atoms. The van der Waals surface area contributed by atoms with Crippen LogP contribution >= 0.6 is 0 Å². The largest absolute Gasteiger partial charge is 0.342 e. The predicted octanol–water partition coefficient (Wildman–Crippen LogP) is 4.19. The van der Waals surface area contributed by atoms with Gasteiger partial charge in [0.25, 0.3) is 0 Å². The molecule has 26 heavy (non-hydrogen) atoms. The minimum absolute atomic E-state index is 0.153. The van der Waals surface area contributed by atoms with Gasteiger partial charge < -0.3 is 4.90 Å². The fraction of sp³-hybridized carbons (Fsp3) is 0.227. The Morgan fingerprint density at radius 1 is 1.23 bits per heavy atom. The average molecular weight is 343 g/mol. The van der Waals surface area contributed by atoms with Crippen molar-refractivity contribution >= 4 is 16.8 Å². The molecule has 4 heteroatoms. The molecule has 1 unspecified atom stereocenters. The maximum Gasteiger partial charge on any atom is 0.226 e. The molecule has 2 heterocycles. The molecule has 1 amide bonds. The minimum Gasteiger partial charge on any atom is -0.342 e. The van der Waals surface area contributed by atoms with Gasteiger partial charge in [-0.2, -0.15) is 0 Å². The SMILES string of the molecule is C=CCC(=O)N1CCC(c2cc(-c3ccccc3)cc3cncnc23)C1. The molecule has 130 valence electrons. The van der Waals surface area contributed by atoms with Crippen LogP contribution in [0.1, 0.15) is 24.3 Å². The van der Waals surface area contributed by atoms with Crippen molar-refractivity contribution < 1.29 is 4.79 Å². The summed E-state index contributed by atoms with van der Waals surface area (Å²) in [6, 6.07) is 14.7. The van der Waals surface area contributed by atoms with E-state index in [4.69, 9.17) is 0 Å². The predicted molar refractivity (Wildman–Crippen MR) is 104 cm³/mol. The van der Waals surface area contributed by atoms with E-state index in [-0.39, 0.29) is 5.91 Å². The Kier molecular flexibility index (Phi) is 4.48. The van der Waals surface area contributed by atoms with Crippen molar-refractivity contribution in [3.8, 4) is 11.1 Å². The van der Waals surface area contributed by atoms with Gasteiger partial charge in [0.2, 0.25) is 5.91 Å². The summed E-state index contributed by atoms with van der Waals surface area (Å²) in [4.78, 5) is 22.9. The highest BCUT2D eigenvalue weighted by atomic mass is 16.2. The zero-order valence-electron chi connectivity index (χ0n) is 14.6. The van der Waals surface area contributed by atoms with Gasteiger partial charge in [-0.3, -0.25) is 4.79 Å². The van der Waals surface area contributed by atoms with Crippen molar-refractivity contribution in [2.24, 2.45) is 0 Å². The Bertz CT molecular complexity index is 952. The first kappa shape index (κ1) is 16.5. The average Bonchev–Trinajstić information content (AvgIpc) is 3.18. The van der Waals surface area contributed by atoms with E-state index in [1.165, 1.54) is 16.7 Å². The van der Waals surface area contributed by atoms with Crippen molar-refractivity contribution in [2.75, 3.05) is 13.1 Å². The Hall–Kier alpha value is -3.01. The zero-order valence-corrected chi connectivity index (χ0v) is 14.6. The molecule has 0 aliphatic carbocycles. The summed E-state index contributed by atoms with van der Waals surface area (Å²) in [5.74, 6) is 0.450. The van der Waals surface area contributed by atoms with Gasteiger partial charge in [-0.1, -0.05) is 36.4 Å². The number of carbonyl (C=O) groups excluding carboxylic acids is 1. The second-order valence-electron chi connectivity index (χ2n) is 6.71. The number of aromatic nitrogens is 2. The number of benzene rings is 2. The van der Waals surface area contributed by atoms with Crippen LogP contribution in [0.25, 0.3) is 22.0 Å². The van der Waals surface area contributed by atoms with Crippen molar-refractivity contribution in [1.29, 1.82) is 0 Å². The van der Waals surface area contributed by atoms with E-state index in [2.05, 4.69) is 40.8 Å². The van der Waals surface area contributed by atoms with Crippen LogP contribution in [-0.2, 0) is 4.79 Å². The number of rotatable bonds is 4. The molecule has 1 aromatic heterocycles. The highest BCUT2D eigenvalue weighted by Gasteiger charge is 2.28. The molecule has 1 aliphatic heterocycles. The Balaban J connectivity index is 1.74. The molecule has 4 rings (SSSR count). The van der Waals surface area contributed by atoms with Gasteiger partial charge in [-0.05, 0) is 35.2 Å². The molecule has 1 aliphatic rings. The first-order valence-electron chi connectivity index (χ1n) is 8.94. The van der Waals surface area contributed by atoms with Gasteiger partial charge in [0.15, 0.2) is 0 Å². The van der Waals surface area contributed by atoms with Gasteiger partial charge in [-0.15, -0.1) is 6.58 Å². The van der Waals surface area contributed by atoms with Crippen LogP contribution in [0.4, 0.5) is 0 Å². The molecular formula is C22H21N3O. The monoisotopic (exact) mass is 343 g/mol. The van der Waals surface area contributed by atoms with Crippen molar-refractivity contribution in [3.63, 3.8) is 0 Å². The molecule has 0 N–H and O–H groups in total. The number of likely N-dealkylation sites (tertiary alicyclic amines) is 1. The lowest BCUT2D eigenvalue weighted by molar-refractivity contribution is -0.129. The van der Waals surface area contributed by atoms with Crippen LogP contribution in [0, 0.1) is 0 Å². The summed E-state index contributed by atoms with van der Waals surface area (Å²) in [5, 5.41) is 1.04. The summed E-state index contributed by atoms with van der Waals surface area (Å²) in [6.45, 7) is 5.20. The van der Waals surface area contributed by atoms with Crippen LogP contribution in [0.2, 0.25) is 0 Å². The van der Waals surface area contributed by atoms with E-state index in [0.29, 0.717) is 12.3 Å². The van der Waals surface area contributed by atoms with Crippen molar-refractivity contribution in [2.45, 2.75) is 18.8 Å². The van der Waals surface area contributed by atoms with E-state index in [9.17, 15) is 4.79 Å². The number of nitrogens with zero attached hydrogens (tertiary/aromatic N) is 3. The molecule has 1 fully saturated rings. The first-order valence-corrected chi connectivity index (χ1v) is 8.94. The first-order chi connectivity index (χ1) is 12.8. The Labute approximate surface area is 153 Å². The molecule has 2 aromatic carbocycles. The highest BCUT2D eigenvalue weighted by Crippen LogP contribution is 2.35. The Morgan fingerprint density at radius 2 is 2.08 bits per heavy atom. The molecule has 1 atom stereocenters.